The van der Waals surface area contributed by atoms with Crippen LogP contribution < -0.4 is 4.90 Å². The van der Waals surface area contributed by atoms with E-state index in [1.807, 2.05) is 54.7 Å². The Balaban J connectivity index is 2.01. The quantitative estimate of drug-likeness (QED) is 0.751. The molecule has 0 saturated carbocycles. The third-order valence-electron chi connectivity index (χ3n) is 3.31. The zero-order valence-corrected chi connectivity index (χ0v) is 12.5. The fraction of sp³-hybridized carbons (Fsp3) is 0.0625. The second-order valence-electron chi connectivity index (χ2n) is 4.59. The molecule has 0 radical (unpaired) electrons. The molecule has 1 aromatic heterocycles. The van der Waals surface area contributed by atoms with Crippen LogP contribution in [0, 0.1) is 0 Å². The molecule has 3 nitrogen and oxygen atoms in total. The van der Waals surface area contributed by atoms with Crippen LogP contribution in [0.3, 0.4) is 0 Å². The van der Waals surface area contributed by atoms with Gasteiger partial charge in [-0.05, 0) is 30.3 Å². The van der Waals surface area contributed by atoms with Crippen LogP contribution in [0.25, 0.3) is 10.9 Å². The monoisotopic (exact) mass is 328 g/mol. The number of nitrogens with one attached hydrogen (secondary N) is 1. The van der Waals surface area contributed by atoms with Crippen LogP contribution in [0.5, 0.6) is 0 Å². The highest BCUT2D eigenvalue weighted by Crippen LogP contribution is 2.29. The van der Waals surface area contributed by atoms with Crippen LogP contribution in [0.4, 0.5) is 5.69 Å². The molecule has 2 aromatic carbocycles. The van der Waals surface area contributed by atoms with Gasteiger partial charge in [0.05, 0.1) is 5.69 Å². The van der Waals surface area contributed by atoms with Crippen molar-refractivity contribution in [2.75, 3.05) is 11.9 Å². The fourth-order valence-corrected chi connectivity index (χ4v) is 2.61. The number of aromatic amines is 1. The molecule has 0 aliphatic heterocycles. The van der Waals surface area contributed by atoms with Gasteiger partial charge in [0, 0.05) is 34.2 Å². The third-order valence-corrected chi connectivity index (χ3v) is 3.80. The maximum atomic E-state index is 12.5. The summed E-state index contributed by atoms with van der Waals surface area (Å²) in [6, 6.07) is 15.3. The second-order valence-corrected chi connectivity index (χ2v) is 5.51. The van der Waals surface area contributed by atoms with E-state index >= 15 is 0 Å². The number of aromatic nitrogens is 1. The molecule has 0 spiro atoms. The van der Waals surface area contributed by atoms with Gasteiger partial charge in [-0.15, -0.1) is 0 Å². The van der Waals surface area contributed by atoms with Gasteiger partial charge in [0.1, 0.15) is 0 Å². The van der Waals surface area contributed by atoms with Crippen LogP contribution in [0.15, 0.2) is 59.2 Å². The fourth-order valence-electron chi connectivity index (χ4n) is 2.24. The number of H-pyrrole nitrogens is 1. The minimum Gasteiger partial charge on any atom is -0.359 e. The first-order valence-electron chi connectivity index (χ1n) is 6.26. The molecule has 0 bridgehead atoms. The Morgan fingerprint density at radius 3 is 2.65 bits per heavy atom. The normalized spacial score (nSPS) is 10.7. The molecule has 0 aliphatic carbocycles. The molecule has 4 heteroatoms. The highest BCUT2D eigenvalue weighted by atomic mass is 79.9. The lowest BCUT2D eigenvalue weighted by molar-refractivity contribution is 0.0993. The minimum absolute atomic E-state index is 0.0191. The van der Waals surface area contributed by atoms with E-state index in [2.05, 4.69) is 20.9 Å². The predicted molar refractivity (Wildman–Crippen MR) is 85.2 cm³/mol. The van der Waals surface area contributed by atoms with E-state index in [1.165, 1.54) is 0 Å². The van der Waals surface area contributed by atoms with Crippen LogP contribution in [-0.2, 0) is 0 Å². The van der Waals surface area contributed by atoms with Crippen molar-refractivity contribution in [3.8, 4) is 0 Å². The number of hydrogen-bond donors (Lipinski definition) is 1. The zero-order chi connectivity index (χ0) is 14.1. The van der Waals surface area contributed by atoms with Gasteiger partial charge < -0.3 is 9.88 Å². The summed E-state index contributed by atoms with van der Waals surface area (Å²) in [5.74, 6) is -0.0191. The average Bonchev–Trinajstić information content (AvgIpc) is 2.89. The molecule has 0 fully saturated rings. The highest BCUT2D eigenvalue weighted by Gasteiger charge is 2.16. The van der Waals surface area contributed by atoms with Crippen molar-refractivity contribution < 1.29 is 4.79 Å². The van der Waals surface area contributed by atoms with E-state index in [-0.39, 0.29) is 5.91 Å². The number of halogens is 1. The number of anilines is 1. The highest BCUT2D eigenvalue weighted by molar-refractivity contribution is 9.10. The lowest BCUT2D eigenvalue weighted by Gasteiger charge is -2.16. The Bertz CT molecular complexity index is 765. The van der Waals surface area contributed by atoms with Crippen LogP contribution in [0.2, 0.25) is 0 Å². The Morgan fingerprint density at radius 1 is 1.15 bits per heavy atom. The molecule has 0 saturated heterocycles. The number of rotatable bonds is 2. The number of hydrogen-bond acceptors (Lipinski definition) is 1. The van der Waals surface area contributed by atoms with Crippen LogP contribution in [-0.4, -0.2) is 17.9 Å². The minimum atomic E-state index is -0.0191. The van der Waals surface area contributed by atoms with Gasteiger partial charge in [-0.1, -0.05) is 34.1 Å². The summed E-state index contributed by atoms with van der Waals surface area (Å²) in [6.07, 6.45) is 1.86. The Hall–Kier alpha value is -2.07. The second kappa shape index (κ2) is 5.13. The molecule has 0 atom stereocenters. The van der Waals surface area contributed by atoms with Gasteiger partial charge in [-0.2, -0.15) is 0 Å². The van der Waals surface area contributed by atoms with Crippen LogP contribution >= 0.6 is 15.9 Å². The number of benzene rings is 2. The van der Waals surface area contributed by atoms with Crippen molar-refractivity contribution in [1.29, 1.82) is 0 Å². The van der Waals surface area contributed by atoms with Crippen molar-refractivity contribution in [2.45, 2.75) is 0 Å². The number of carbonyl (C=O) groups excluding carboxylic acids is 1. The first-order chi connectivity index (χ1) is 9.66. The van der Waals surface area contributed by atoms with Crippen molar-refractivity contribution >= 4 is 38.4 Å². The Morgan fingerprint density at radius 2 is 1.90 bits per heavy atom. The molecule has 1 amide bonds. The molecule has 1 N–H and O–H groups in total. The maximum absolute atomic E-state index is 12.5. The summed E-state index contributed by atoms with van der Waals surface area (Å²) < 4.78 is 1.01. The lowest BCUT2D eigenvalue weighted by atomic mass is 10.2. The standard InChI is InChI=1S/C16H13BrN2O/c1-19(16(20)11-5-3-2-4-6-11)15-10-18-14-9-12(17)7-8-13(14)15/h2-10,18H,1H3. The molecular formula is C16H13BrN2O. The lowest BCUT2D eigenvalue weighted by Crippen LogP contribution is -2.25. The van der Waals surface area contributed by atoms with E-state index in [4.69, 9.17) is 0 Å². The van der Waals surface area contributed by atoms with Crippen molar-refractivity contribution in [1.82, 2.24) is 4.98 Å². The summed E-state index contributed by atoms with van der Waals surface area (Å²) in [7, 11) is 1.79. The first kappa shape index (κ1) is 12.9. The predicted octanol–water partition coefficient (Wildman–Crippen LogP) is 4.21. The van der Waals surface area contributed by atoms with E-state index < -0.39 is 0 Å². The maximum Gasteiger partial charge on any atom is 0.258 e. The molecule has 1 heterocycles. The van der Waals surface area contributed by atoms with Gasteiger partial charge >= 0.3 is 0 Å². The van der Waals surface area contributed by atoms with Gasteiger partial charge in [0.15, 0.2) is 0 Å². The number of fused-ring (bicyclic) bond motifs is 1. The van der Waals surface area contributed by atoms with Gasteiger partial charge in [0.2, 0.25) is 0 Å². The van der Waals surface area contributed by atoms with Gasteiger partial charge in [0.25, 0.3) is 5.91 Å². The van der Waals surface area contributed by atoms with Crippen molar-refractivity contribution in [3.05, 3.63) is 64.8 Å². The molecule has 20 heavy (non-hydrogen) atoms. The van der Waals surface area contributed by atoms with E-state index in [1.54, 1.807) is 11.9 Å². The Kier molecular flexibility index (Phi) is 3.32. The third kappa shape index (κ3) is 2.23. The molecule has 3 rings (SSSR count). The summed E-state index contributed by atoms with van der Waals surface area (Å²) >= 11 is 3.44. The van der Waals surface area contributed by atoms with Crippen LogP contribution in [0.1, 0.15) is 10.4 Å². The summed E-state index contributed by atoms with van der Waals surface area (Å²) in [5.41, 5.74) is 2.56. The SMILES string of the molecule is CN(C(=O)c1ccccc1)c1c[nH]c2cc(Br)ccc12. The molecule has 100 valence electrons. The largest absolute Gasteiger partial charge is 0.359 e. The van der Waals surface area contributed by atoms with E-state index in [0.29, 0.717) is 5.56 Å². The van der Waals surface area contributed by atoms with Gasteiger partial charge in [-0.25, -0.2) is 0 Å². The zero-order valence-electron chi connectivity index (χ0n) is 10.9. The van der Waals surface area contributed by atoms with E-state index in [9.17, 15) is 4.79 Å². The summed E-state index contributed by atoms with van der Waals surface area (Å²) in [6.45, 7) is 0. The number of carbonyl (C=O) groups is 1. The summed E-state index contributed by atoms with van der Waals surface area (Å²) in [4.78, 5) is 17.3. The Labute approximate surface area is 125 Å². The molecular weight excluding hydrogens is 316 g/mol. The van der Waals surface area contributed by atoms with Crippen molar-refractivity contribution in [2.24, 2.45) is 0 Å². The number of nitrogens with zero attached hydrogens (tertiary/aromatic N) is 1. The summed E-state index contributed by atoms with van der Waals surface area (Å²) in [5, 5.41) is 1.03. The average molecular weight is 329 g/mol. The van der Waals surface area contributed by atoms with Crippen molar-refractivity contribution in [3.63, 3.8) is 0 Å². The van der Waals surface area contributed by atoms with Gasteiger partial charge in [-0.3, -0.25) is 4.79 Å². The smallest absolute Gasteiger partial charge is 0.258 e. The topological polar surface area (TPSA) is 36.1 Å². The molecule has 3 aromatic rings. The first-order valence-corrected chi connectivity index (χ1v) is 7.06. The van der Waals surface area contributed by atoms with E-state index in [0.717, 1.165) is 21.1 Å². The number of amides is 1. The molecule has 0 unspecified atom stereocenters. The molecule has 0 aliphatic rings.